The summed E-state index contributed by atoms with van der Waals surface area (Å²) in [6, 6.07) is -23.2. The molecule has 0 aliphatic heterocycles. The predicted molar refractivity (Wildman–Crippen MR) is 202 cm³/mol. The van der Waals surface area contributed by atoms with Gasteiger partial charge >= 0.3 is 0 Å². The molecule has 0 fully saturated rings. The summed E-state index contributed by atoms with van der Waals surface area (Å²) in [4.78, 5) is 12.8. The number of benzene rings is 7. The second-order valence-electron chi connectivity index (χ2n) is 10.3. The maximum absolute atomic E-state index is 9.58. The van der Waals surface area contributed by atoms with E-state index in [1.165, 1.54) is 0 Å². The number of hydrogen-bond donors (Lipinski definition) is 0. The Labute approximate surface area is 325 Å². The molecule has 5 heteroatoms. The lowest BCUT2D eigenvalue weighted by Crippen LogP contribution is -2.00. The van der Waals surface area contributed by atoms with Gasteiger partial charge in [0.1, 0.15) is 22.3 Å². The molecular formula is C45H27N3O2. The minimum absolute atomic E-state index is 0.357. The van der Waals surface area contributed by atoms with Crippen LogP contribution in [0, 0.1) is 0 Å². The van der Waals surface area contributed by atoms with Crippen LogP contribution < -0.4 is 0 Å². The molecule has 0 N–H and O–H groups in total. The Morgan fingerprint density at radius 3 is 1.44 bits per heavy atom. The number of furan rings is 2. The molecule has 0 spiro atoms. The normalized spacial score (nSPS) is 19.2. The van der Waals surface area contributed by atoms with Gasteiger partial charge in [0.15, 0.2) is 17.5 Å². The molecule has 0 amide bonds. The summed E-state index contributed by atoms with van der Waals surface area (Å²) < 4.78 is 248. The van der Waals surface area contributed by atoms with E-state index in [9.17, 15) is 4.11 Å². The Kier molecular flexibility index (Phi) is 2.79. The van der Waals surface area contributed by atoms with Crippen LogP contribution in [0.1, 0.15) is 37.0 Å². The molecular weight excluding hydrogens is 615 g/mol. The van der Waals surface area contributed by atoms with Crippen LogP contribution in [0.4, 0.5) is 0 Å². The number of aromatic nitrogens is 3. The molecule has 3 aromatic heterocycles. The SMILES string of the molecule is [2H]c1c([2H])c([2H])c(-c2nc(-c3c([2H])c([2H])c(-c4c([2H])c([2H])c([2H])c([2H])c4[2H])c([2H])c3[2H])nc(-c3c([2H])c([2H])c4c(oc5c(-c6c([2H])c([2H])c([2H])c7c6oc6c([2H])c([2H])c([2H])c([2H])c67)c([2H])c([2H])c([2H])c54)c3[2H])n2)c([2H])c1[2H]. The summed E-state index contributed by atoms with van der Waals surface area (Å²) in [6.45, 7) is 0. The lowest BCUT2D eigenvalue weighted by Gasteiger charge is -2.09. The Balaban J connectivity index is 1.32. The lowest BCUT2D eigenvalue weighted by molar-refractivity contribution is 0.665. The molecule has 3 heterocycles. The van der Waals surface area contributed by atoms with E-state index >= 15 is 0 Å². The van der Waals surface area contributed by atoms with Crippen LogP contribution >= 0.6 is 0 Å². The van der Waals surface area contributed by atoms with E-state index in [4.69, 9.17) is 41.7 Å². The average Bonchev–Trinajstić information content (AvgIpc) is 4.26. The van der Waals surface area contributed by atoms with Gasteiger partial charge < -0.3 is 8.83 Å². The molecule has 0 aliphatic carbocycles. The van der Waals surface area contributed by atoms with Gasteiger partial charge in [-0.1, -0.05) is 145 Å². The molecule has 234 valence electrons. The second-order valence-corrected chi connectivity index (χ2v) is 10.3. The fraction of sp³-hybridized carbons (Fsp3) is 0. The van der Waals surface area contributed by atoms with Crippen molar-refractivity contribution < 1.29 is 45.8 Å². The van der Waals surface area contributed by atoms with E-state index in [1.54, 1.807) is 0 Å². The minimum Gasteiger partial charge on any atom is -0.455 e. The summed E-state index contributed by atoms with van der Waals surface area (Å²) in [6.07, 6.45) is 0. The minimum atomic E-state index is -1.00. The number of para-hydroxylation sites is 3. The molecule has 10 aromatic rings. The monoisotopic (exact) mass is 668 g/mol. The largest absolute Gasteiger partial charge is 0.455 e. The third-order valence-corrected chi connectivity index (χ3v) is 7.43. The summed E-state index contributed by atoms with van der Waals surface area (Å²) in [5.74, 6) is -2.56. The fourth-order valence-corrected chi connectivity index (χ4v) is 5.21. The highest BCUT2D eigenvalue weighted by Crippen LogP contribution is 2.41. The van der Waals surface area contributed by atoms with Crippen LogP contribution in [0.3, 0.4) is 0 Å². The molecule has 50 heavy (non-hydrogen) atoms. The molecule has 0 unspecified atom stereocenters. The standard InChI is InChI=1S/C45H27N3O2/c1-3-11-28(12-4-1)29-21-23-31(24-22-29)44-46-43(30-13-5-2-6-14-30)47-45(48-44)32-25-26-34-36-17-10-19-38(42(36)50-40(34)27-32)37-18-9-16-35-33-15-7-8-20-39(33)49-41(35)37/h1-27H/i1D,2D,3D,4D,5D,6D,7D,8D,9D,10D,11D,12D,13D,14D,15D,16D,17D,18D,19D,20D,21D,22D,23D,24D,25D,26D,27D. The van der Waals surface area contributed by atoms with Crippen molar-refractivity contribution in [2.24, 2.45) is 0 Å². The van der Waals surface area contributed by atoms with Gasteiger partial charge in [0.2, 0.25) is 0 Å². The Morgan fingerprint density at radius 2 is 0.780 bits per heavy atom. The molecule has 0 saturated heterocycles. The molecule has 0 atom stereocenters. The zero-order valence-electron chi connectivity index (χ0n) is 51.7. The zero-order chi connectivity index (χ0) is 56.5. The number of nitrogens with zero attached hydrogens (tertiary/aromatic N) is 3. The van der Waals surface area contributed by atoms with Gasteiger partial charge in [0.05, 0.1) is 37.0 Å². The van der Waals surface area contributed by atoms with Gasteiger partial charge in [0, 0.05) is 49.4 Å². The van der Waals surface area contributed by atoms with E-state index in [-0.39, 0.29) is 5.39 Å². The van der Waals surface area contributed by atoms with E-state index < -0.39 is 258 Å². The number of hydrogen-bond acceptors (Lipinski definition) is 5. The zero-order valence-corrected chi connectivity index (χ0v) is 24.7. The topological polar surface area (TPSA) is 65.0 Å². The Morgan fingerprint density at radius 1 is 0.340 bits per heavy atom. The highest BCUT2D eigenvalue weighted by Gasteiger charge is 2.19. The predicted octanol–water partition coefficient (Wildman–Crippen LogP) is 12.0. The molecule has 0 saturated carbocycles. The quantitative estimate of drug-likeness (QED) is 0.183. The first-order valence-electron chi connectivity index (χ1n) is 27.9. The Hall–Kier alpha value is -6.85. The van der Waals surface area contributed by atoms with Gasteiger partial charge in [-0.25, -0.2) is 15.0 Å². The summed E-state index contributed by atoms with van der Waals surface area (Å²) in [5, 5.41) is -1.76. The molecule has 0 radical (unpaired) electrons. The van der Waals surface area contributed by atoms with Crippen molar-refractivity contribution in [3.63, 3.8) is 0 Å². The highest BCUT2D eigenvalue weighted by atomic mass is 16.3. The maximum atomic E-state index is 9.58. The van der Waals surface area contributed by atoms with Gasteiger partial charge in [-0.3, -0.25) is 0 Å². The molecule has 0 aliphatic rings. The van der Waals surface area contributed by atoms with Crippen molar-refractivity contribution in [3.05, 3.63) is 163 Å². The summed E-state index contributed by atoms with van der Waals surface area (Å²) in [5.41, 5.74) is -7.25. The fourth-order valence-electron chi connectivity index (χ4n) is 5.21. The average molecular weight is 669 g/mol. The van der Waals surface area contributed by atoms with Gasteiger partial charge in [-0.2, -0.15) is 0 Å². The van der Waals surface area contributed by atoms with Crippen LogP contribution in [-0.4, -0.2) is 15.0 Å². The van der Waals surface area contributed by atoms with Gasteiger partial charge in [-0.15, -0.1) is 0 Å². The van der Waals surface area contributed by atoms with Gasteiger partial charge in [-0.05, 0) is 29.3 Å². The highest BCUT2D eigenvalue weighted by molar-refractivity contribution is 6.15. The van der Waals surface area contributed by atoms with E-state index in [0.717, 1.165) is 0 Å². The lowest BCUT2D eigenvalue weighted by atomic mass is 10.00. The third kappa shape index (κ3) is 4.67. The van der Waals surface area contributed by atoms with Crippen molar-refractivity contribution >= 4 is 43.9 Å². The second kappa shape index (κ2) is 11.4. The van der Waals surface area contributed by atoms with Crippen molar-refractivity contribution in [2.75, 3.05) is 0 Å². The molecule has 7 aromatic carbocycles. The van der Waals surface area contributed by atoms with Crippen LogP contribution in [0.2, 0.25) is 0 Å². The van der Waals surface area contributed by atoms with Crippen molar-refractivity contribution in [1.82, 2.24) is 15.0 Å². The van der Waals surface area contributed by atoms with E-state index in [0.29, 0.717) is 0 Å². The summed E-state index contributed by atoms with van der Waals surface area (Å²) in [7, 11) is 0. The van der Waals surface area contributed by atoms with Crippen LogP contribution in [0.15, 0.2) is 172 Å². The van der Waals surface area contributed by atoms with Gasteiger partial charge in [0.25, 0.3) is 0 Å². The van der Waals surface area contributed by atoms with Crippen molar-refractivity contribution in [3.8, 4) is 56.4 Å². The number of fused-ring (bicyclic) bond motifs is 6. The van der Waals surface area contributed by atoms with Crippen molar-refractivity contribution in [1.29, 1.82) is 0 Å². The van der Waals surface area contributed by atoms with Crippen LogP contribution in [0.25, 0.3) is 100 Å². The number of rotatable bonds is 5. The summed E-state index contributed by atoms with van der Waals surface area (Å²) >= 11 is 0. The first-order valence-corrected chi connectivity index (χ1v) is 14.4. The van der Waals surface area contributed by atoms with E-state index in [1.807, 2.05) is 0 Å². The first-order chi connectivity index (χ1) is 36.0. The Bertz CT molecular complexity index is 4350. The smallest absolute Gasteiger partial charge is 0.164 e. The molecule has 5 nitrogen and oxygen atoms in total. The first kappa shape index (κ1) is 12.2. The molecule has 0 bridgehead atoms. The van der Waals surface area contributed by atoms with Crippen LogP contribution in [-0.2, 0) is 0 Å². The van der Waals surface area contributed by atoms with Crippen molar-refractivity contribution in [2.45, 2.75) is 0 Å². The third-order valence-electron chi connectivity index (χ3n) is 7.43. The van der Waals surface area contributed by atoms with E-state index in [2.05, 4.69) is 15.0 Å². The maximum Gasteiger partial charge on any atom is 0.164 e. The molecule has 10 rings (SSSR count). The van der Waals surface area contributed by atoms with Crippen LogP contribution in [0.5, 0.6) is 0 Å².